The van der Waals surface area contributed by atoms with Crippen LogP contribution in [0.1, 0.15) is 26.7 Å². The fourth-order valence-corrected chi connectivity index (χ4v) is 2.36. The van der Waals surface area contributed by atoms with Crippen molar-refractivity contribution in [2.24, 2.45) is 5.92 Å². The summed E-state index contributed by atoms with van der Waals surface area (Å²) < 4.78 is 12.7. The fourth-order valence-electron chi connectivity index (χ4n) is 2.36. The molecule has 110 valence electrons. The largest absolute Gasteiger partial charge is 0.493 e. The molecule has 0 saturated carbocycles. The van der Waals surface area contributed by atoms with Crippen LogP contribution >= 0.6 is 0 Å². The molecule has 0 saturated heterocycles. The summed E-state index contributed by atoms with van der Waals surface area (Å²) in [5, 5.41) is 0. The molecule has 0 bridgehead atoms. The van der Waals surface area contributed by atoms with E-state index in [0.29, 0.717) is 23.4 Å². The Labute approximate surface area is 119 Å². The number of fused-ring (bicyclic) bond motifs is 1. The summed E-state index contributed by atoms with van der Waals surface area (Å²) >= 11 is 0. The van der Waals surface area contributed by atoms with Crippen LogP contribution in [-0.2, 0) is 6.54 Å². The summed E-state index contributed by atoms with van der Waals surface area (Å²) in [6.45, 7) is 5.32. The van der Waals surface area contributed by atoms with Crippen molar-refractivity contribution in [1.29, 1.82) is 0 Å². The second kappa shape index (κ2) is 6.03. The number of hydrogen-bond donors (Lipinski definition) is 1. The second-order valence-electron chi connectivity index (χ2n) is 5.35. The minimum Gasteiger partial charge on any atom is -0.493 e. The third kappa shape index (κ3) is 2.81. The smallest absolute Gasteiger partial charge is 0.201 e. The lowest BCUT2D eigenvalue weighted by molar-refractivity contribution is 0.355. The first kappa shape index (κ1) is 14.5. The van der Waals surface area contributed by atoms with Gasteiger partial charge in [-0.2, -0.15) is 0 Å². The number of rotatable bonds is 6. The van der Waals surface area contributed by atoms with Gasteiger partial charge in [0.2, 0.25) is 5.95 Å². The summed E-state index contributed by atoms with van der Waals surface area (Å²) in [5.41, 5.74) is 7.85. The van der Waals surface area contributed by atoms with Gasteiger partial charge in [0.05, 0.1) is 25.3 Å². The van der Waals surface area contributed by atoms with Crippen molar-refractivity contribution in [2.45, 2.75) is 33.2 Å². The first-order valence-corrected chi connectivity index (χ1v) is 6.94. The lowest BCUT2D eigenvalue weighted by Gasteiger charge is -2.10. The minimum atomic E-state index is 0.541. The van der Waals surface area contributed by atoms with Gasteiger partial charge in [-0.3, -0.25) is 0 Å². The zero-order valence-corrected chi connectivity index (χ0v) is 12.6. The zero-order chi connectivity index (χ0) is 14.7. The van der Waals surface area contributed by atoms with Gasteiger partial charge in [-0.15, -0.1) is 0 Å². The Bertz CT molecular complexity index is 590. The molecular weight excluding hydrogens is 254 g/mol. The molecule has 0 atom stereocenters. The number of aryl methyl sites for hydroxylation is 1. The van der Waals surface area contributed by atoms with E-state index in [4.69, 9.17) is 15.2 Å². The van der Waals surface area contributed by atoms with Crippen LogP contribution in [0, 0.1) is 5.92 Å². The van der Waals surface area contributed by atoms with Crippen molar-refractivity contribution < 1.29 is 9.47 Å². The predicted octanol–water partition coefficient (Wildman–Crippen LogP) is 3.07. The van der Waals surface area contributed by atoms with Crippen LogP contribution in [-0.4, -0.2) is 23.8 Å². The maximum absolute atomic E-state index is 6.02. The summed E-state index contributed by atoms with van der Waals surface area (Å²) in [5.74, 6) is 2.61. The first-order chi connectivity index (χ1) is 9.56. The highest BCUT2D eigenvalue weighted by atomic mass is 16.5. The number of nitrogens with two attached hydrogens (primary N) is 1. The molecule has 0 aliphatic heterocycles. The fraction of sp³-hybridized carbons (Fsp3) is 0.533. The molecule has 2 rings (SSSR count). The first-order valence-electron chi connectivity index (χ1n) is 6.94. The van der Waals surface area contributed by atoms with Gasteiger partial charge in [-0.05, 0) is 18.8 Å². The molecule has 5 heteroatoms. The van der Waals surface area contributed by atoms with Crippen LogP contribution < -0.4 is 15.2 Å². The molecule has 0 amide bonds. The predicted molar refractivity (Wildman–Crippen MR) is 81.3 cm³/mol. The molecule has 0 unspecified atom stereocenters. The van der Waals surface area contributed by atoms with Crippen LogP contribution in [0.5, 0.6) is 11.5 Å². The number of ether oxygens (including phenoxy) is 2. The Hall–Kier alpha value is -1.91. The van der Waals surface area contributed by atoms with E-state index in [1.54, 1.807) is 14.2 Å². The van der Waals surface area contributed by atoms with Crippen LogP contribution in [0.25, 0.3) is 11.0 Å². The van der Waals surface area contributed by atoms with E-state index in [-0.39, 0.29) is 0 Å². The Balaban J connectivity index is 2.36. The Morgan fingerprint density at radius 3 is 2.45 bits per heavy atom. The lowest BCUT2D eigenvalue weighted by Crippen LogP contribution is -2.04. The molecule has 0 fully saturated rings. The van der Waals surface area contributed by atoms with E-state index < -0.39 is 0 Å². The maximum Gasteiger partial charge on any atom is 0.201 e. The van der Waals surface area contributed by atoms with E-state index in [2.05, 4.69) is 18.8 Å². The number of imidazole rings is 1. The number of methoxy groups -OCH3 is 2. The summed E-state index contributed by atoms with van der Waals surface area (Å²) in [7, 11) is 3.25. The molecule has 1 aromatic heterocycles. The molecule has 0 radical (unpaired) electrons. The summed E-state index contributed by atoms with van der Waals surface area (Å²) in [6, 6.07) is 3.80. The Morgan fingerprint density at radius 1 is 1.20 bits per heavy atom. The standard InChI is InChI=1S/C15H23N3O2/c1-10(2)6-5-7-18-12-9-14(20-4)13(19-3)8-11(12)17-15(18)16/h8-10H,5-7H2,1-4H3,(H2,16,17). The number of hydrogen-bond acceptors (Lipinski definition) is 4. The molecule has 2 aromatic rings. The van der Waals surface area contributed by atoms with Gasteiger partial charge in [-0.25, -0.2) is 4.98 Å². The van der Waals surface area contributed by atoms with Gasteiger partial charge in [0, 0.05) is 18.7 Å². The van der Waals surface area contributed by atoms with Crippen molar-refractivity contribution in [2.75, 3.05) is 20.0 Å². The molecule has 1 aromatic carbocycles. The normalized spacial score (nSPS) is 11.2. The van der Waals surface area contributed by atoms with Crippen LogP contribution in [0.4, 0.5) is 5.95 Å². The highest BCUT2D eigenvalue weighted by molar-refractivity contribution is 5.82. The minimum absolute atomic E-state index is 0.541. The molecular formula is C15H23N3O2. The van der Waals surface area contributed by atoms with Gasteiger partial charge < -0.3 is 19.8 Å². The average molecular weight is 277 g/mol. The molecule has 1 heterocycles. The maximum atomic E-state index is 6.02. The van der Waals surface area contributed by atoms with E-state index >= 15 is 0 Å². The number of nitrogens with zero attached hydrogens (tertiary/aromatic N) is 2. The van der Waals surface area contributed by atoms with E-state index in [9.17, 15) is 0 Å². The van der Waals surface area contributed by atoms with E-state index in [1.807, 2.05) is 16.7 Å². The lowest BCUT2D eigenvalue weighted by atomic mass is 10.1. The summed E-state index contributed by atoms with van der Waals surface area (Å²) in [6.07, 6.45) is 2.26. The van der Waals surface area contributed by atoms with Crippen molar-refractivity contribution in [3.8, 4) is 11.5 Å². The monoisotopic (exact) mass is 277 g/mol. The Kier molecular flexibility index (Phi) is 4.37. The SMILES string of the molecule is COc1cc2nc(N)n(CCCC(C)C)c2cc1OC. The van der Waals surface area contributed by atoms with Crippen molar-refractivity contribution in [3.63, 3.8) is 0 Å². The van der Waals surface area contributed by atoms with E-state index in [1.165, 1.54) is 6.42 Å². The molecule has 20 heavy (non-hydrogen) atoms. The highest BCUT2D eigenvalue weighted by Gasteiger charge is 2.13. The number of aromatic nitrogens is 2. The van der Waals surface area contributed by atoms with E-state index in [0.717, 1.165) is 24.0 Å². The van der Waals surface area contributed by atoms with Crippen LogP contribution in [0.15, 0.2) is 12.1 Å². The third-order valence-electron chi connectivity index (χ3n) is 3.45. The van der Waals surface area contributed by atoms with Crippen molar-refractivity contribution in [3.05, 3.63) is 12.1 Å². The number of anilines is 1. The van der Waals surface area contributed by atoms with Gasteiger partial charge >= 0.3 is 0 Å². The molecule has 0 aliphatic rings. The van der Waals surface area contributed by atoms with Crippen molar-refractivity contribution in [1.82, 2.24) is 9.55 Å². The van der Waals surface area contributed by atoms with Gasteiger partial charge in [0.1, 0.15) is 0 Å². The zero-order valence-electron chi connectivity index (χ0n) is 12.6. The topological polar surface area (TPSA) is 62.3 Å². The highest BCUT2D eigenvalue weighted by Crippen LogP contribution is 2.33. The van der Waals surface area contributed by atoms with Crippen LogP contribution in [0.3, 0.4) is 0 Å². The van der Waals surface area contributed by atoms with Gasteiger partial charge in [0.25, 0.3) is 0 Å². The molecule has 0 aliphatic carbocycles. The second-order valence-corrected chi connectivity index (χ2v) is 5.35. The van der Waals surface area contributed by atoms with Gasteiger partial charge in [0.15, 0.2) is 11.5 Å². The third-order valence-corrected chi connectivity index (χ3v) is 3.45. The molecule has 0 spiro atoms. The van der Waals surface area contributed by atoms with Gasteiger partial charge in [-0.1, -0.05) is 13.8 Å². The number of nitrogen functional groups attached to an aromatic ring is 1. The summed E-state index contributed by atoms with van der Waals surface area (Å²) in [4.78, 5) is 4.40. The average Bonchev–Trinajstić information content (AvgIpc) is 2.72. The quantitative estimate of drug-likeness (QED) is 0.881. The number of benzene rings is 1. The van der Waals surface area contributed by atoms with Crippen molar-refractivity contribution >= 4 is 17.0 Å². The molecule has 2 N–H and O–H groups in total. The molecule has 5 nitrogen and oxygen atoms in total. The Morgan fingerprint density at radius 2 is 1.85 bits per heavy atom. The van der Waals surface area contributed by atoms with Crippen LogP contribution in [0.2, 0.25) is 0 Å².